The molecule has 3 nitrogen and oxygen atoms in total. The molecule has 0 fully saturated rings. The monoisotopic (exact) mass is 210 g/mol. The maximum Gasteiger partial charge on any atom is 0.119 e. The molecule has 0 unspecified atom stereocenters. The van der Waals surface area contributed by atoms with Gasteiger partial charge in [0, 0.05) is 11.6 Å². The number of aromatic amines is 1. The third kappa shape index (κ3) is 1.35. The quantitative estimate of drug-likeness (QED) is 0.455. The maximum atomic E-state index is 9.49. The third-order valence-corrected chi connectivity index (χ3v) is 2.52. The Labute approximate surface area is 86.9 Å². The molecular formula is C10H11ClN2O. The number of nitrogens with zero attached hydrogens (tertiary/aromatic N) is 1. The Bertz CT molecular complexity index is 452. The predicted molar refractivity (Wildman–Crippen MR) is 58.0 cm³/mol. The number of fused-ring (bicyclic) bond motifs is 1. The standard InChI is InChI=1S/C10H11ClN2O/c1-7-3-2-4-8-9(13(14)6-11)5-12-10(7)8/h2-5,12,14H,6H2,1H3. The number of anilines is 1. The molecule has 1 aromatic carbocycles. The molecule has 0 amide bonds. The minimum Gasteiger partial charge on any atom is -0.359 e. The largest absolute Gasteiger partial charge is 0.359 e. The molecule has 0 aliphatic heterocycles. The highest BCUT2D eigenvalue weighted by Gasteiger charge is 2.09. The van der Waals surface area contributed by atoms with Crippen molar-refractivity contribution in [3.05, 3.63) is 30.0 Å². The van der Waals surface area contributed by atoms with Gasteiger partial charge in [-0.25, -0.2) is 5.06 Å². The van der Waals surface area contributed by atoms with Gasteiger partial charge < -0.3 is 4.98 Å². The minimum absolute atomic E-state index is 0.0564. The molecule has 2 aromatic rings. The number of para-hydroxylation sites is 1. The molecule has 4 heteroatoms. The van der Waals surface area contributed by atoms with Crippen molar-refractivity contribution >= 4 is 28.2 Å². The van der Waals surface area contributed by atoms with Gasteiger partial charge in [-0.05, 0) is 12.5 Å². The van der Waals surface area contributed by atoms with Crippen LogP contribution in [0.3, 0.4) is 0 Å². The van der Waals surface area contributed by atoms with Gasteiger partial charge in [0.25, 0.3) is 0 Å². The van der Waals surface area contributed by atoms with E-state index in [0.29, 0.717) is 5.69 Å². The van der Waals surface area contributed by atoms with E-state index in [1.807, 2.05) is 25.1 Å². The first kappa shape index (κ1) is 9.37. The number of hydrogen-bond donors (Lipinski definition) is 2. The van der Waals surface area contributed by atoms with Gasteiger partial charge >= 0.3 is 0 Å². The van der Waals surface area contributed by atoms with Gasteiger partial charge in [0.15, 0.2) is 0 Å². The van der Waals surface area contributed by atoms with Gasteiger partial charge in [0.05, 0.1) is 11.2 Å². The molecule has 0 aliphatic rings. The predicted octanol–water partition coefficient (Wildman–Crippen LogP) is 2.87. The summed E-state index contributed by atoms with van der Waals surface area (Å²) < 4.78 is 0. The number of aromatic nitrogens is 1. The Kier molecular flexibility index (Phi) is 2.35. The zero-order valence-corrected chi connectivity index (χ0v) is 8.54. The highest BCUT2D eigenvalue weighted by molar-refractivity contribution is 6.19. The second kappa shape index (κ2) is 3.52. The molecule has 74 valence electrons. The molecule has 0 saturated carbocycles. The number of H-pyrrole nitrogens is 1. The molecule has 0 aliphatic carbocycles. The number of benzene rings is 1. The summed E-state index contributed by atoms with van der Waals surface area (Å²) in [7, 11) is 0. The number of hydroxylamine groups is 1. The van der Waals surface area contributed by atoms with E-state index in [1.54, 1.807) is 6.20 Å². The first-order valence-corrected chi connectivity index (χ1v) is 4.86. The number of halogens is 1. The Morgan fingerprint density at radius 3 is 3.00 bits per heavy atom. The lowest BCUT2D eigenvalue weighted by Gasteiger charge is -2.11. The van der Waals surface area contributed by atoms with E-state index < -0.39 is 0 Å². The molecule has 2 rings (SSSR count). The summed E-state index contributed by atoms with van der Waals surface area (Å²) in [6.07, 6.45) is 1.75. The van der Waals surface area contributed by atoms with Crippen LogP contribution in [0.15, 0.2) is 24.4 Å². The van der Waals surface area contributed by atoms with Gasteiger partial charge in [-0.1, -0.05) is 18.2 Å². The normalized spacial score (nSPS) is 10.8. The molecule has 0 saturated heterocycles. The van der Waals surface area contributed by atoms with Gasteiger partial charge in [-0.3, -0.25) is 5.21 Å². The zero-order chi connectivity index (χ0) is 10.1. The van der Waals surface area contributed by atoms with Gasteiger partial charge in [-0.15, -0.1) is 11.6 Å². The van der Waals surface area contributed by atoms with Crippen LogP contribution < -0.4 is 5.06 Å². The van der Waals surface area contributed by atoms with Crippen LogP contribution in [-0.4, -0.2) is 16.2 Å². The van der Waals surface area contributed by atoms with E-state index in [9.17, 15) is 5.21 Å². The Morgan fingerprint density at radius 1 is 1.50 bits per heavy atom. The fourth-order valence-corrected chi connectivity index (χ4v) is 1.70. The Morgan fingerprint density at radius 2 is 2.29 bits per heavy atom. The van der Waals surface area contributed by atoms with Crippen LogP contribution in [-0.2, 0) is 0 Å². The summed E-state index contributed by atoms with van der Waals surface area (Å²) in [4.78, 5) is 3.11. The second-order valence-corrected chi connectivity index (χ2v) is 3.43. The van der Waals surface area contributed by atoms with Gasteiger partial charge in [0.2, 0.25) is 0 Å². The van der Waals surface area contributed by atoms with Crippen LogP contribution in [0.4, 0.5) is 5.69 Å². The summed E-state index contributed by atoms with van der Waals surface area (Å²) >= 11 is 5.55. The maximum absolute atomic E-state index is 9.49. The molecule has 0 spiro atoms. The van der Waals surface area contributed by atoms with Crippen LogP contribution in [0.1, 0.15) is 5.56 Å². The van der Waals surface area contributed by atoms with Crippen LogP contribution in [0.25, 0.3) is 10.9 Å². The van der Waals surface area contributed by atoms with E-state index in [0.717, 1.165) is 21.5 Å². The fraction of sp³-hybridized carbons (Fsp3) is 0.200. The van der Waals surface area contributed by atoms with Crippen molar-refractivity contribution in [3.8, 4) is 0 Å². The van der Waals surface area contributed by atoms with Crippen molar-refractivity contribution in [1.29, 1.82) is 0 Å². The Balaban J connectivity index is 2.63. The van der Waals surface area contributed by atoms with Gasteiger partial charge in [0.1, 0.15) is 6.00 Å². The lowest BCUT2D eigenvalue weighted by atomic mass is 10.1. The van der Waals surface area contributed by atoms with Crippen molar-refractivity contribution < 1.29 is 5.21 Å². The number of nitrogens with one attached hydrogen (secondary N) is 1. The highest BCUT2D eigenvalue weighted by Crippen LogP contribution is 2.27. The summed E-state index contributed by atoms with van der Waals surface area (Å²) in [5, 5.41) is 11.5. The lowest BCUT2D eigenvalue weighted by molar-refractivity contribution is 0.273. The van der Waals surface area contributed by atoms with Crippen LogP contribution >= 0.6 is 11.6 Å². The summed E-state index contributed by atoms with van der Waals surface area (Å²) in [5.41, 5.74) is 2.89. The van der Waals surface area contributed by atoms with E-state index in [1.165, 1.54) is 0 Å². The minimum atomic E-state index is 0.0564. The van der Waals surface area contributed by atoms with E-state index >= 15 is 0 Å². The second-order valence-electron chi connectivity index (χ2n) is 3.19. The smallest absolute Gasteiger partial charge is 0.119 e. The molecule has 0 bridgehead atoms. The average molecular weight is 211 g/mol. The summed E-state index contributed by atoms with van der Waals surface area (Å²) in [6, 6.07) is 5.98. The molecule has 2 N–H and O–H groups in total. The van der Waals surface area contributed by atoms with E-state index in [-0.39, 0.29) is 6.00 Å². The highest BCUT2D eigenvalue weighted by atomic mass is 35.5. The van der Waals surface area contributed by atoms with Gasteiger partial charge in [-0.2, -0.15) is 0 Å². The van der Waals surface area contributed by atoms with Crippen LogP contribution in [0.2, 0.25) is 0 Å². The average Bonchev–Trinajstić information content (AvgIpc) is 2.62. The number of hydrogen-bond acceptors (Lipinski definition) is 2. The van der Waals surface area contributed by atoms with E-state index in [2.05, 4.69) is 4.98 Å². The summed E-state index contributed by atoms with van der Waals surface area (Å²) in [5.74, 6) is 0. The van der Waals surface area contributed by atoms with Crippen molar-refractivity contribution in [2.45, 2.75) is 6.92 Å². The van der Waals surface area contributed by atoms with Crippen LogP contribution in [0, 0.1) is 6.92 Å². The van der Waals surface area contributed by atoms with Crippen LogP contribution in [0.5, 0.6) is 0 Å². The fourth-order valence-electron chi connectivity index (χ4n) is 1.57. The number of rotatable bonds is 2. The van der Waals surface area contributed by atoms with Crippen molar-refractivity contribution in [2.75, 3.05) is 11.1 Å². The molecule has 1 aromatic heterocycles. The first-order chi connectivity index (χ1) is 6.74. The zero-order valence-electron chi connectivity index (χ0n) is 7.79. The molecular weight excluding hydrogens is 200 g/mol. The SMILES string of the molecule is Cc1cccc2c(N(O)CCl)c[nH]c12. The molecule has 0 radical (unpaired) electrons. The first-order valence-electron chi connectivity index (χ1n) is 4.33. The van der Waals surface area contributed by atoms with Crippen molar-refractivity contribution in [1.82, 2.24) is 4.98 Å². The van der Waals surface area contributed by atoms with Crippen molar-refractivity contribution in [3.63, 3.8) is 0 Å². The molecule has 1 heterocycles. The number of aryl methyl sites for hydroxylation is 1. The molecule has 0 atom stereocenters. The molecule has 14 heavy (non-hydrogen) atoms. The topological polar surface area (TPSA) is 39.3 Å². The summed E-state index contributed by atoms with van der Waals surface area (Å²) in [6.45, 7) is 2.02. The third-order valence-electron chi connectivity index (χ3n) is 2.29. The Hall–Kier alpha value is -1.19. The van der Waals surface area contributed by atoms with Crippen molar-refractivity contribution in [2.24, 2.45) is 0 Å². The number of alkyl halides is 1. The van der Waals surface area contributed by atoms with E-state index in [4.69, 9.17) is 11.6 Å². The lowest BCUT2D eigenvalue weighted by Crippen LogP contribution is -2.14.